The Hall–Kier alpha value is -1.77. The van der Waals surface area contributed by atoms with Gasteiger partial charge in [0.1, 0.15) is 0 Å². The molecule has 0 bridgehead atoms. The number of H-pyrrole nitrogens is 2. The van der Waals surface area contributed by atoms with E-state index in [2.05, 4.69) is 10.2 Å². The number of aromatic nitrogens is 2. The zero-order valence-electron chi connectivity index (χ0n) is 8.22. The maximum absolute atomic E-state index is 11.4. The molecule has 0 unspecified atom stereocenters. The Bertz CT molecular complexity index is 508. The van der Waals surface area contributed by atoms with Crippen molar-refractivity contribution in [2.75, 3.05) is 0 Å². The van der Waals surface area contributed by atoms with Gasteiger partial charge in [0.25, 0.3) is 5.56 Å². The summed E-state index contributed by atoms with van der Waals surface area (Å²) >= 11 is 0. The summed E-state index contributed by atoms with van der Waals surface area (Å²) < 4.78 is 0. The van der Waals surface area contributed by atoms with E-state index in [1.165, 1.54) is 0 Å². The van der Waals surface area contributed by atoms with Crippen molar-refractivity contribution in [2.45, 2.75) is 13.8 Å². The van der Waals surface area contributed by atoms with Gasteiger partial charge in [0.2, 0.25) is 0 Å². The summed E-state index contributed by atoms with van der Waals surface area (Å²) in [4.78, 5) is 11.4. The van der Waals surface area contributed by atoms with Crippen LogP contribution in [-0.4, -0.2) is 10.2 Å². The van der Waals surface area contributed by atoms with Crippen molar-refractivity contribution in [1.82, 2.24) is 10.2 Å². The van der Waals surface area contributed by atoms with Crippen LogP contribution >= 0.6 is 0 Å². The number of benzene rings is 1. The molecule has 2 rings (SSSR count). The molecule has 0 spiro atoms. The fraction of sp³-hybridized carbons (Fsp3) is 0.182. The van der Waals surface area contributed by atoms with Crippen molar-refractivity contribution in [2.24, 2.45) is 0 Å². The molecule has 3 nitrogen and oxygen atoms in total. The highest BCUT2D eigenvalue weighted by molar-refractivity contribution is 5.66. The van der Waals surface area contributed by atoms with E-state index >= 15 is 0 Å². The first-order chi connectivity index (χ1) is 6.68. The Morgan fingerprint density at radius 2 is 1.93 bits per heavy atom. The van der Waals surface area contributed by atoms with Crippen LogP contribution < -0.4 is 5.56 Å². The minimum absolute atomic E-state index is 0.0706. The number of hydrogen-bond acceptors (Lipinski definition) is 1. The van der Waals surface area contributed by atoms with Gasteiger partial charge in [0, 0.05) is 6.20 Å². The summed E-state index contributed by atoms with van der Waals surface area (Å²) in [6.45, 7) is 4.02. The summed E-state index contributed by atoms with van der Waals surface area (Å²) in [6.07, 6.45) is 1.70. The summed E-state index contributed by atoms with van der Waals surface area (Å²) in [5.41, 5.74) is 3.89. The molecule has 0 saturated heterocycles. The second-order valence-electron chi connectivity index (χ2n) is 3.47. The highest BCUT2D eigenvalue weighted by atomic mass is 16.1. The number of hydrogen-bond donors (Lipinski definition) is 2. The van der Waals surface area contributed by atoms with Crippen LogP contribution in [0.3, 0.4) is 0 Å². The Kier molecular flexibility index (Phi) is 2.00. The predicted octanol–water partition coefficient (Wildman–Crippen LogP) is 1.99. The van der Waals surface area contributed by atoms with Gasteiger partial charge in [0.15, 0.2) is 0 Å². The van der Waals surface area contributed by atoms with Crippen LogP contribution in [0.2, 0.25) is 0 Å². The molecular formula is C11H12N2O. The van der Waals surface area contributed by atoms with Gasteiger partial charge in [-0.15, -0.1) is 0 Å². The van der Waals surface area contributed by atoms with E-state index in [0.29, 0.717) is 5.56 Å². The number of nitrogens with one attached hydrogen (secondary N) is 2. The topological polar surface area (TPSA) is 48.6 Å². The lowest BCUT2D eigenvalue weighted by Crippen LogP contribution is -2.02. The first-order valence-electron chi connectivity index (χ1n) is 4.52. The fourth-order valence-corrected chi connectivity index (χ4v) is 1.53. The van der Waals surface area contributed by atoms with Gasteiger partial charge in [-0.25, -0.2) is 0 Å². The smallest absolute Gasteiger partial charge is 0.271 e. The standard InChI is InChI=1S/C11H12N2O/c1-7-3-4-8(2)9(5-7)10-6-12-13-11(10)14/h3-6H,1-2H3,(H2,12,13,14). The van der Waals surface area contributed by atoms with Crippen LogP contribution in [-0.2, 0) is 0 Å². The lowest BCUT2D eigenvalue weighted by atomic mass is 10.0. The van der Waals surface area contributed by atoms with Gasteiger partial charge < -0.3 is 5.10 Å². The number of rotatable bonds is 1. The van der Waals surface area contributed by atoms with Crippen molar-refractivity contribution in [3.63, 3.8) is 0 Å². The molecule has 1 aromatic heterocycles. The van der Waals surface area contributed by atoms with Gasteiger partial charge in [-0.05, 0) is 25.0 Å². The normalized spacial score (nSPS) is 10.4. The number of aryl methyl sites for hydroxylation is 2. The van der Waals surface area contributed by atoms with Gasteiger partial charge in [-0.3, -0.25) is 9.89 Å². The maximum Gasteiger partial charge on any atom is 0.271 e. The molecule has 0 saturated carbocycles. The monoisotopic (exact) mass is 188 g/mol. The van der Waals surface area contributed by atoms with E-state index in [4.69, 9.17) is 0 Å². The largest absolute Gasteiger partial charge is 0.305 e. The first kappa shape index (κ1) is 8.81. The van der Waals surface area contributed by atoms with Crippen LogP contribution in [0.5, 0.6) is 0 Å². The van der Waals surface area contributed by atoms with Crippen LogP contribution in [0.15, 0.2) is 29.2 Å². The lowest BCUT2D eigenvalue weighted by Gasteiger charge is -2.02. The molecule has 1 aromatic carbocycles. The molecule has 14 heavy (non-hydrogen) atoms. The highest BCUT2D eigenvalue weighted by Crippen LogP contribution is 2.20. The van der Waals surface area contributed by atoms with Gasteiger partial charge in [-0.2, -0.15) is 0 Å². The van der Waals surface area contributed by atoms with Crippen LogP contribution in [0.25, 0.3) is 11.1 Å². The third-order valence-electron chi connectivity index (χ3n) is 2.33. The SMILES string of the molecule is Cc1ccc(C)c(-c2c[nH][nH]c2=O)c1. The zero-order chi connectivity index (χ0) is 10.1. The summed E-state index contributed by atoms with van der Waals surface area (Å²) in [7, 11) is 0. The molecule has 72 valence electrons. The fourth-order valence-electron chi connectivity index (χ4n) is 1.53. The minimum atomic E-state index is -0.0706. The minimum Gasteiger partial charge on any atom is -0.305 e. The molecular weight excluding hydrogens is 176 g/mol. The second-order valence-corrected chi connectivity index (χ2v) is 3.47. The third-order valence-corrected chi connectivity index (χ3v) is 2.33. The quantitative estimate of drug-likeness (QED) is 0.706. The van der Waals surface area contributed by atoms with Crippen molar-refractivity contribution >= 4 is 0 Å². The maximum atomic E-state index is 11.4. The molecule has 2 N–H and O–H groups in total. The Balaban J connectivity index is 2.68. The van der Waals surface area contributed by atoms with Crippen LogP contribution in [0.1, 0.15) is 11.1 Å². The summed E-state index contributed by atoms with van der Waals surface area (Å²) in [6, 6.07) is 6.09. The summed E-state index contributed by atoms with van der Waals surface area (Å²) in [5, 5.41) is 5.24. The molecule has 0 aliphatic heterocycles. The van der Waals surface area contributed by atoms with Gasteiger partial charge in [0.05, 0.1) is 5.56 Å². The van der Waals surface area contributed by atoms with Crippen molar-refractivity contribution in [3.8, 4) is 11.1 Å². The van der Waals surface area contributed by atoms with E-state index in [1.807, 2.05) is 32.0 Å². The van der Waals surface area contributed by atoms with E-state index in [1.54, 1.807) is 6.20 Å². The molecule has 0 fully saturated rings. The van der Waals surface area contributed by atoms with Crippen molar-refractivity contribution in [3.05, 3.63) is 45.9 Å². The van der Waals surface area contributed by atoms with Crippen LogP contribution in [0.4, 0.5) is 0 Å². The highest BCUT2D eigenvalue weighted by Gasteiger charge is 2.06. The molecule has 0 amide bonds. The molecule has 2 aromatic rings. The van der Waals surface area contributed by atoms with Crippen molar-refractivity contribution in [1.29, 1.82) is 0 Å². The summed E-state index contributed by atoms with van der Waals surface area (Å²) in [5.74, 6) is 0. The average Bonchev–Trinajstić information content (AvgIpc) is 2.56. The van der Waals surface area contributed by atoms with Crippen LogP contribution in [0, 0.1) is 13.8 Å². The van der Waals surface area contributed by atoms with E-state index in [-0.39, 0.29) is 5.56 Å². The van der Waals surface area contributed by atoms with Crippen molar-refractivity contribution < 1.29 is 0 Å². The lowest BCUT2D eigenvalue weighted by molar-refractivity contribution is 1.06. The average molecular weight is 188 g/mol. The third kappa shape index (κ3) is 1.37. The second kappa shape index (κ2) is 3.18. The van der Waals surface area contributed by atoms with Gasteiger partial charge >= 0.3 is 0 Å². The Morgan fingerprint density at radius 1 is 1.14 bits per heavy atom. The number of aromatic amines is 2. The van der Waals surface area contributed by atoms with E-state index in [9.17, 15) is 4.79 Å². The Labute approximate surface area is 81.8 Å². The molecule has 0 aliphatic rings. The van der Waals surface area contributed by atoms with E-state index in [0.717, 1.165) is 16.7 Å². The molecule has 3 heteroatoms. The molecule has 0 aliphatic carbocycles. The molecule has 0 atom stereocenters. The first-order valence-corrected chi connectivity index (χ1v) is 4.52. The predicted molar refractivity (Wildman–Crippen MR) is 56.3 cm³/mol. The molecule has 1 heterocycles. The Morgan fingerprint density at radius 3 is 2.57 bits per heavy atom. The zero-order valence-corrected chi connectivity index (χ0v) is 8.22. The van der Waals surface area contributed by atoms with E-state index < -0.39 is 0 Å². The molecule has 0 radical (unpaired) electrons. The van der Waals surface area contributed by atoms with Gasteiger partial charge in [-0.1, -0.05) is 23.8 Å².